The highest BCUT2D eigenvalue weighted by molar-refractivity contribution is 5.77. The minimum Gasteiger partial charge on any atom is -0.455 e. The lowest BCUT2D eigenvalue weighted by Gasteiger charge is -2.05. The Labute approximate surface area is 196 Å². The van der Waals surface area contributed by atoms with E-state index in [9.17, 15) is 4.79 Å². The first-order valence-electron chi connectivity index (χ1n) is 10.8. The number of hydrogen-bond donors (Lipinski definition) is 0. The van der Waals surface area contributed by atoms with E-state index in [0.29, 0.717) is 17.0 Å². The van der Waals surface area contributed by atoms with Crippen LogP contribution in [0.2, 0.25) is 0 Å². The van der Waals surface area contributed by atoms with E-state index in [4.69, 9.17) is 13.7 Å². The van der Waals surface area contributed by atoms with Crippen LogP contribution in [0.5, 0.6) is 0 Å². The fourth-order valence-corrected chi connectivity index (χ4v) is 3.64. The molecule has 0 aliphatic carbocycles. The number of ether oxygens (including phenoxy) is 1. The van der Waals surface area contributed by atoms with Crippen LogP contribution in [0, 0.1) is 6.92 Å². The molecule has 0 fully saturated rings. The molecule has 5 aromatic rings. The summed E-state index contributed by atoms with van der Waals surface area (Å²) in [4.78, 5) is 12.3. The SMILES string of the molecule is Cc1onc(-c2ccccc2)c1-c1nnc(COC(=O)Cc2ccc(-c3ccccc3)cc2)o1. The summed E-state index contributed by atoms with van der Waals surface area (Å²) in [6.45, 7) is 1.67. The number of aryl methyl sites for hydroxylation is 1. The molecule has 0 saturated carbocycles. The lowest BCUT2D eigenvalue weighted by molar-refractivity contribution is -0.144. The quantitative estimate of drug-likeness (QED) is 0.295. The topological polar surface area (TPSA) is 91.3 Å². The van der Waals surface area contributed by atoms with Gasteiger partial charge in [0.25, 0.3) is 11.8 Å². The van der Waals surface area contributed by atoms with Gasteiger partial charge in [-0.3, -0.25) is 4.79 Å². The third-order valence-corrected chi connectivity index (χ3v) is 5.36. The predicted molar refractivity (Wildman–Crippen MR) is 125 cm³/mol. The van der Waals surface area contributed by atoms with Crippen LogP contribution >= 0.6 is 0 Å². The molecular formula is C27H21N3O4. The zero-order valence-corrected chi connectivity index (χ0v) is 18.5. The number of carbonyl (C=O) groups is 1. The molecule has 5 rings (SSSR count). The zero-order valence-electron chi connectivity index (χ0n) is 18.5. The van der Waals surface area contributed by atoms with E-state index in [1.165, 1.54) is 0 Å². The van der Waals surface area contributed by atoms with Crippen molar-refractivity contribution in [2.24, 2.45) is 0 Å². The molecule has 7 nitrogen and oxygen atoms in total. The molecule has 34 heavy (non-hydrogen) atoms. The minimum absolute atomic E-state index is 0.112. The summed E-state index contributed by atoms with van der Waals surface area (Å²) in [5.74, 6) is 0.644. The molecule has 0 amide bonds. The van der Waals surface area contributed by atoms with Crippen LogP contribution in [0.15, 0.2) is 93.9 Å². The van der Waals surface area contributed by atoms with Crippen LogP contribution in [-0.2, 0) is 22.6 Å². The molecule has 0 unspecified atom stereocenters. The summed E-state index contributed by atoms with van der Waals surface area (Å²) >= 11 is 0. The molecule has 0 saturated heterocycles. The maximum Gasteiger partial charge on any atom is 0.310 e. The largest absolute Gasteiger partial charge is 0.455 e. The van der Waals surface area contributed by atoms with Crippen LogP contribution in [0.25, 0.3) is 33.8 Å². The monoisotopic (exact) mass is 451 g/mol. The Morgan fingerprint density at radius 2 is 1.47 bits per heavy atom. The fraction of sp³-hybridized carbons (Fsp3) is 0.111. The number of nitrogens with zero attached hydrogens (tertiary/aromatic N) is 3. The molecule has 0 aliphatic rings. The first kappa shape index (κ1) is 21.3. The third kappa shape index (κ3) is 4.63. The van der Waals surface area contributed by atoms with Crippen LogP contribution in [0.3, 0.4) is 0 Å². The highest BCUT2D eigenvalue weighted by atomic mass is 16.5. The fourth-order valence-electron chi connectivity index (χ4n) is 3.64. The van der Waals surface area contributed by atoms with Gasteiger partial charge in [0, 0.05) is 5.56 Å². The van der Waals surface area contributed by atoms with Crippen LogP contribution < -0.4 is 0 Å². The summed E-state index contributed by atoms with van der Waals surface area (Å²) in [7, 11) is 0. The van der Waals surface area contributed by atoms with Crippen molar-refractivity contribution < 1.29 is 18.5 Å². The van der Waals surface area contributed by atoms with E-state index in [2.05, 4.69) is 15.4 Å². The van der Waals surface area contributed by atoms with E-state index in [1.807, 2.05) is 84.9 Å². The van der Waals surface area contributed by atoms with Gasteiger partial charge in [-0.1, -0.05) is 90.1 Å². The molecule has 0 spiro atoms. The van der Waals surface area contributed by atoms with E-state index < -0.39 is 0 Å². The average Bonchev–Trinajstić information content (AvgIpc) is 3.50. The molecule has 0 bridgehead atoms. The maximum atomic E-state index is 12.3. The van der Waals surface area contributed by atoms with E-state index in [0.717, 1.165) is 22.3 Å². The van der Waals surface area contributed by atoms with Crippen molar-refractivity contribution in [2.45, 2.75) is 20.0 Å². The summed E-state index contributed by atoms with van der Waals surface area (Å²) in [6, 6.07) is 27.5. The summed E-state index contributed by atoms with van der Waals surface area (Å²) in [5.41, 5.74) is 5.19. The van der Waals surface area contributed by atoms with Gasteiger partial charge >= 0.3 is 5.97 Å². The number of aromatic nitrogens is 3. The third-order valence-electron chi connectivity index (χ3n) is 5.36. The van der Waals surface area contributed by atoms with Crippen LogP contribution in [0.1, 0.15) is 17.2 Å². The molecule has 0 radical (unpaired) electrons. The van der Waals surface area contributed by atoms with Gasteiger partial charge in [0.2, 0.25) is 0 Å². The molecule has 2 heterocycles. The minimum atomic E-state index is -0.377. The van der Waals surface area contributed by atoms with Gasteiger partial charge in [-0.15, -0.1) is 10.2 Å². The highest BCUT2D eigenvalue weighted by Gasteiger charge is 2.22. The number of esters is 1. The Balaban J connectivity index is 1.22. The van der Waals surface area contributed by atoms with Crippen molar-refractivity contribution in [2.75, 3.05) is 0 Å². The van der Waals surface area contributed by atoms with Gasteiger partial charge in [0.1, 0.15) is 17.0 Å². The van der Waals surface area contributed by atoms with Crippen molar-refractivity contribution in [3.63, 3.8) is 0 Å². The first-order valence-corrected chi connectivity index (χ1v) is 10.8. The molecule has 168 valence electrons. The molecule has 2 aromatic heterocycles. The summed E-state index contributed by atoms with van der Waals surface area (Å²) in [6.07, 6.45) is 0.152. The van der Waals surface area contributed by atoms with Gasteiger partial charge in [0.15, 0.2) is 6.61 Å². The number of benzene rings is 3. The Morgan fingerprint density at radius 3 is 2.18 bits per heavy atom. The average molecular weight is 451 g/mol. The van der Waals surface area contributed by atoms with Crippen LogP contribution in [0.4, 0.5) is 0 Å². The predicted octanol–water partition coefficient (Wildman–Crippen LogP) is 5.65. The van der Waals surface area contributed by atoms with Crippen molar-refractivity contribution in [3.05, 3.63) is 102 Å². The van der Waals surface area contributed by atoms with Crippen LogP contribution in [-0.4, -0.2) is 21.3 Å². The zero-order chi connectivity index (χ0) is 23.3. The second-order valence-corrected chi connectivity index (χ2v) is 7.73. The van der Waals surface area contributed by atoms with E-state index in [-0.39, 0.29) is 30.8 Å². The first-order chi connectivity index (χ1) is 16.7. The Hall–Kier alpha value is -4.52. The molecule has 3 aromatic carbocycles. The van der Waals surface area contributed by atoms with Gasteiger partial charge in [-0.2, -0.15) is 0 Å². The van der Waals surface area contributed by atoms with Crippen molar-refractivity contribution in [1.29, 1.82) is 0 Å². The molecular weight excluding hydrogens is 430 g/mol. The molecule has 0 atom stereocenters. The lowest BCUT2D eigenvalue weighted by atomic mass is 10.0. The highest BCUT2D eigenvalue weighted by Crippen LogP contribution is 2.33. The van der Waals surface area contributed by atoms with E-state index >= 15 is 0 Å². The van der Waals surface area contributed by atoms with Crippen molar-refractivity contribution in [3.8, 4) is 33.8 Å². The number of hydrogen-bond acceptors (Lipinski definition) is 7. The Morgan fingerprint density at radius 1 is 0.824 bits per heavy atom. The second-order valence-electron chi connectivity index (χ2n) is 7.73. The normalized spacial score (nSPS) is 10.9. The van der Waals surface area contributed by atoms with Crippen molar-refractivity contribution in [1.82, 2.24) is 15.4 Å². The standard InChI is InChI=1S/C27H21N3O4/c1-18-25(26(30-34-18)22-10-6-3-7-11-22)27-29-28-23(33-27)17-32-24(31)16-19-12-14-21(15-13-19)20-8-4-2-5-9-20/h2-15H,16-17H2,1H3. The second kappa shape index (κ2) is 9.54. The molecule has 0 aliphatic heterocycles. The summed E-state index contributed by atoms with van der Waals surface area (Å²) < 4.78 is 16.4. The van der Waals surface area contributed by atoms with Gasteiger partial charge in [-0.25, -0.2) is 0 Å². The smallest absolute Gasteiger partial charge is 0.310 e. The van der Waals surface area contributed by atoms with Gasteiger partial charge < -0.3 is 13.7 Å². The molecule has 0 N–H and O–H groups in total. The van der Waals surface area contributed by atoms with Gasteiger partial charge in [-0.05, 0) is 23.6 Å². The number of carbonyl (C=O) groups excluding carboxylic acids is 1. The number of rotatable bonds is 7. The maximum absolute atomic E-state index is 12.3. The van der Waals surface area contributed by atoms with Crippen molar-refractivity contribution >= 4 is 5.97 Å². The summed E-state index contributed by atoms with van der Waals surface area (Å²) in [5, 5.41) is 12.2. The Bertz CT molecular complexity index is 1390. The lowest BCUT2D eigenvalue weighted by Crippen LogP contribution is -2.08. The van der Waals surface area contributed by atoms with Gasteiger partial charge in [0.05, 0.1) is 6.42 Å². The Kier molecular flexibility index (Phi) is 5.99. The molecule has 7 heteroatoms. The van der Waals surface area contributed by atoms with E-state index in [1.54, 1.807) is 6.92 Å².